The lowest BCUT2D eigenvalue weighted by molar-refractivity contribution is -0.137. The van der Waals surface area contributed by atoms with Crippen LogP contribution in [0.2, 0.25) is 0 Å². The van der Waals surface area contributed by atoms with Gasteiger partial charge in [-0.15, -0.1) is 0 Å². The SMILES string of the molecule is CCCCOC(=O)/C=C/c1ccc(C)o1. The third kappa shape index (κ3) is 4.49. The van der Waals surface area contributed by atoms with Gasteiger partial charge in [0.1, 0.15) is 11.5 Å². The zero-order valence-corrected chi connectivity index (χ0v) is 9.16. The summed E-state index contributed by atoms with van der Waals surface area (Å²) in [5.41, 5.74) is 0. The Morgan fingerprint density at radius 3 is 2.93 bits per heavy atom. The van der Waals surface area contributed by atoms with Crippen LogP contribution >= 0.6 is 0 Å². The van der Waals surface area contributed by atoms with E-state index in [2.05, 4.69) is 6.92 Å². The molecule has 3 nitrogen and oxygen atoms in total. The summed E-state index contributed by atoms with van der Waals surface area (Å²) in [6.07, 6.45) is 4.92. The van der Waals surface area contributed by atoms with Crippen molar-refractivity contribution in [3.8, 4) is 0 Å². The molecule has 0 spiro atoms. The van der Waals surface area contributed by atoms with Crippen molar-refractivity contribution in [3.05, 3.63) is 29.7 Å². The predicted molar refractivity (Wildman–Crippen MR) is 58.3 cm³/mol. The van der Waals surface area contributed by atoms with Crippen LogP contribution in [0.1, 0.15) is 31.3 Å². The van der Waals surface area contributed by atoms with Crippen LogP contribution in [0.25, 0.3) is 6.08 Å². The maximum Gasteiger partial charge on any atom is 0.330 e. The second-order valence-corrected chi connectivity index (χ2v) is 3.30. The lowest BCUT2D eigenvalue weighted by atomic mass is 10.3. The fraction of sp³-hybridized carbons (Fsp3) is 0.417. The normalized spacial score (nSPS) is 10.8. The Balaban J connectivity index is 2.34. The molecule has 3 heteroatoms. The molecule has 82 valence electrons. The molecule has 0 aromatic carbocycles. The van der Waals surface area contributed by atoms with Gasteiger partial charge >= 0.3 is 5.97 Å². The average Bonchev–Trinajstić information content (AvgIpc) is 2.62. The summed E-state index contributed by atoms with van der Waals surface area (Å²) < 4.78 is 10.2. The number of esters is 1. The topological polar surface area (TPSA) is 39.4 Å². The highest BCUT2D eigenvalue weighted by molar-refractivity contribution is 5.86. The Kier molecular flexibility index (Phi) is 4.68. The number of carbonyl (C=O) groups is 1. The molecule has 0 saturated carbocycles. The molecule has 0 aliphatic rings. The van der Waals surface area contributed by atoms with Gasteiger partial charge < -0.3 is 9.15 Å². The quantitative estimate of drug-likeness (QED) is 0.424. The second kappa shape index (κ2) is 6.06. The van der Waals surface area contributed by atoms with Crippen LogP contribution in [0, 0.1) is 6.92 Å². The standard InChI is InChI=1S/C12H16O3/c1-3-4-9-14-12(13)8-7-11-6-5-10(2)15-11/h5-8H,3-4,9H2,1-2H3/b8-7+. The van der Waals surface area contributed by atoms with Crippen molar-refractivity contribution in [2.75, 3.05) is 6.61 Å². The number of hydrogen-bond acceptors (Lipinski definition) is 3. The second-order valence-electron chi connectivity index (χ2n) is 3.30. The van der Waals surface area contributed by atoms with Gasteiger partial charge in [-0.3, -0.25) is 0 Å². The lowest BCUT2D eigenvalue weighted by Gasteiger charge is -1.98. The van der Waals surface area contributed by atoms with E-state index in [1.807, 2.05) is 19.1 Å². The molecule has 0 aliphatic carbocycles. The minimum Gasteiger partial charge on any atom is -0.463 e. The van der Waals surface area contributed by atoms with E-state index in [9.17, 15) is 4.79 Å². The van der Waals surface area contributed by atoms with Crippen molar-refractivity contribution in [2.24, 2.45) is 0 Å². The van der Waals surface area contributed by atoms with Crippen LogP contribution in [0.15, 0.2) is 22.6 Å². The number of unbranched alkanes of at least 4 members (excludes halogenated alkanes) is 1. The van der Waals surface area contributed by atoms with Crippen LogP contribution in [-0.4, -0.2) is 12.6 Å². The van der Waals surface area contributed by atoms with E-state index < -0.39 is 0 Å². The number of carbonyl (C=O) groups excluding carboxylic acids is 1. The molecule has 0 saturated heterocycles. The first-order valence-electron chi connectivity index (χ1n) is 5.13. The number of aryl methyl sites for hydroxylation is 1. The molecule has 1 heterocycles. The lowest BCUT2D eigenvalue weighted by Crippen LogP contribution is -2.01. The van der Waals surface area contributed by atoms with Crippen LogP contribution in [-0.2, 0) is 9.53 Å². The molecule has 0 N–H and O–H groups in total. The van der Waals surface area contributed by atoms with E-state index in [4.69, 9.17) is 9.15 Å². The van der Waals surface area contributed by atoms with Gasteiger partial charge in [-0.2, -0.15) is 0 Å². The van der Waals surface area contributed by atoms with Crippen LogP contribution in [0.4, 0.5) is 0 Å². The Morgan fingerprint density at radius 2 is 2.33 bits per heavy atom. The Morgan fingerprint density at radius 1 is 1.53 bits per heavy atom. The zero-order valence-electron chi connectivity index (χ0n) is 9.16. The molecule has 0 aliphatic heterocycles. The summed E-state index contributed by atoms with van der Waals surface area (Å²) >= 11 is 0. The largest absolute Gasteiger partial charge is 0.463 e. The van der Waals surface area contributed by atoms with Crippen molar-refractivity contribution in [1.29, 1.82) is 0 Å². The number of hydrogen-bond donors (Lipinski definition) is 0. The molecule has 0 fully saturated rings. The van der Waals surface area contributed by atoms with Crippen LogP contribution in [0.3, 0.4) is 0 Å². The highest BCUT2D eigenvalue weighted by Gasteiger charge is 1.97. The van der Waals surface area contributed by atoms with Crippen molar-refractivity contribution in [1.82, 2.24) is 0 Å². The first kappa shape index (κ1) is 11.6. The third-order valence-corrected chi connectivity index (χ3v) is 1.89. The van der Waals surface area contributed by atoms with Gasteiger partial charge in [0.15, 0.2) is 0 Å². The number of ether oxygens (including phenoxy) is 1. The summed E-state index contributed by atoms with van der Waals surface area (Å²) in [6, 6.07) is 3.66. The smallest absolute Gasteiger partial charge is 0.330 e. The Labute approximate surface area is 89.7 Å². The summed E-state index contributed by atoms with van der Waals surface area (Å²) in [6.45, 7) is 4.39. The van der Waals surface area contributed by atoms with Crippen LogP contribution < -0.4 is 0 Å². The van der Waals surface area contributed by atoms with E-state index >= 15 is 0 Å². The summed E-state index contributed by atoms with van der Waals surface area (Å²) in [5.74, 6) is 1.17. The minimum absolute atomic E-state index is 0.322. The molecule has 0 amide bonds. The van der Waals surface area contributed by atoms with Gasteiger partial charge in [0.25, 0.3) is 0 Å². The summed E-state index contributed by atoms with van der Waals surface area (Å²) in [4.78, 5) is 11.1. The van der Waals surface area contributed by atoms with Gasteiger partial charge in [0.2, 0.25) is 0 Å². The van der Waals surface area contributed by atoms with E-state index in [0.29, 0.717) is 12.4 Å². The van der Waals surface area contributed by atoms with E-state index in [1.165, 1.54) is 6.08 Å². The van der Waals surface area contributed by atoms with Crippen molar-refractivity contribution >= 4 is 12.0 Å². The monoisotopic (exact) mass is 208 g/mol. The zero-order chi connectivity index (χ0) is 11.1. The molecule has 1 aromatic rings. The Bertz CT molecular complexity index is 336. The van der Waals surface area contributed by atoms with Crippen molar-refractivity contribution in [2.45, 2.75) is 26.7 Å². The van der Waals surface area contributed by atoms with E-state index in [0.717, 1.165) is 18.6 Å². The fourth-order valence-corrected chi connectivity index (χ4v) is 1.06. The van der Waals surface area contributed by atoms with Gasteiger partial charge in [0, 0.05) is 6.08 Å². The summed E-state index contributed by atoms with van der Waals surface area (Å²) in [5, 5.41) is 0. The van der Waals surface area contributed by atoms with Crippen molar-refractivity contribution < 1.29 is 13.9 Å². The predicted octanol–water partition coefficient (Wildman–Crippen LogP) is 2.94. The fourth-order valence-electron chi connectivity index (χ4n) is 1.06. The first-order chi connectivity index (χ1) is 7.22. The van der Waals surface area contributed by atoms with E-state index in [-0.39, 0.29) is 5.97 Å². The summed E-state index contributed by atoms with van der Waals surface area (Å²) in [7, 11) is 0. The first-order valence-corrected chi connectivity index (χ1v) is 5.13. The molecule has 1 rings (SSSR count). The van der Waals surface area contributed by atoms with Gasteiger partial charge in [0.05, 0.1) is 6.61 Å². The van der Waals surface area contributed by atoms with Gasteiger partial charge in [-0.25, -0.2) is 4.79 Å². The molecule has 0 bridgehead atoms. The third-order valence-electron chi connectivity index (χ3n) is 1.89. The van der Waals surface area contributed by atoms with Crippen molar-refractivity contribution in [3.63, 3.8) is 0 Å². The van der Waals surface area contributed by atoms with Gasteiger partial charge in [-0.1, -0.05) is 13.3 Å². The van der Waals surface area contributed by atoms with Crippen LogP contribution in [0.5, 0.6) is 0 Å². The molecule has 0 radical (unpaired) electrons. The molecule has 1 aromatic heterocycles. The van der Waals surface area contributed by atoms with Gasteiger partial charge in [-0.05, 0) is 31.6 Å². The molecular weight excluding hydrogens is 192 g/mol. The molecular formula is C12H16O3. The maximum atomic E-state index is 11.1. The van der Waals surface area contributed by atoms with E-state index in [1.54, 1.807) is 6.08 Å². The maximum absolute atomic E-state index is 11.1. The number of rotatable bonds is 5. The molecule has 15 heavy (non-hydrogen) atoms. The average molecular weight is 208 g/mol. The molecule has 0 unspecified atom stereocenters. The minimum atomic E-state index is -0.322. The number of furan rings is 1. The Hall–Kier alpha value is -1.51. The highest BCUT2D eigenvalue weighted by Crippen LogP contribution is 2.07. The molecule has 0 atom stereocenters. The highest BCUT2D eigenvalue weighted by atomic mass is 16.5.